The number of halogens is 1. The Morgan fingerprint density at radius 3 is 2.45 bits per heavy atom. The molecule has 0 unspecified atom stereocenters. The van der Waals surface area contributed by atoms with Gasteiger partial charge in [0.25, 0.3) is 5.91 Å². The summed E-state index contributed by atoms with van der Waals surface area (Å²) in [5, 5.41) is 2.71. The number of benzene rings is 2. The Morgan fingerprint density at radius 2 is 1.79 bits per heavy atom. The summed E-state index contributed by atoms with van der Waals surface area (Å²) in [7, 11) is -3.55. The van der Waals surface area contributed by atoms with E-state index in [0.717, 1.165) is 42.1 Å². The number of rotatable bonds is 7. The summed E-state index contributed by atoms with van der Waals surface area (Å²) in [4.78, 5) is 12.3. The lowest BCUT2D eigenvalue weighted by atomic mass is 9.96. The Kier molecular flexibility index (Phi) is 7.32. The van der Waals surface area contributed by atoms with Gasteiger partial charge in [-0.25, -0.2) is 13.1 Å². The van der Waals surface area contributed by atoms with Gasteiger partial charge in [0.15, 0.2) is 6.61 Å². The fraction of sp³-hybridized carbons (Fsp3) is 0.381. The van der Waals surface area contributed by atoms with Gasteiger partial charge in [-0.2, -0.15) is 0 Å². The zero-order valence-electron chi connectivity index (χ0n) is 16.3. The third-order valence-corrected chi connectivity index (χ3v) is 7.30. The smallest absolute Gasteiger partial charge is 0.262 e. The van der Waals surface area contributed by atoms with Crippen LogP contribution in [0.15, 0.2) is 51.8 Å². The topological polar surface area (TPSA) is 84.5 Å². The highest BCUT2D eigenvalue weighted by Gasteiger charge is 2.21. The van der Waals surface area contributed by atoms with E-state index in [1.165, 1.54) is 12.1 Å². The van der Waals surface area contributed by atoms with Crippen molar-refractivity contribution >= 4 is 37.5 Å². The van der Waals surface area contributed by atoms with Gasteiger partial charge < -0.3 is 10.1 Å². The van der Waals surface area contributed by atoms with Crippen LogP contribution in [0.4, 0.5) is 5.69 Å². The molecular formula is C21H25BrN2O4S. The van der Waals surface area contributed by atoms with E-state index < -0.39 is 10.0 Å². The third-order valence-electron chi connectivity index (χ3n) is 4.87. The predicted octanol–water partition coefficient (Wildman–Crippen LogP) is 4.39. The van der Waals surface area contributed by atoms with Gasteiger partial charge in [0.05, 0.1) is 4.90 Å². The number of hydrogen-bond donors (Lipinski definition) is 2. The van der Waals surface area contributed by atoms with Crippen molar-refractivity contribution in [2.45, 2.75) is 50.0 Å². The molecule has 2 aromatic rings. The number of ether oxygens (including phenoxy) is 1. The van der Waals surface area contributed by atoms with Crippen LogP contribution in [0.2, 0.25) is 0 Å². The monoisotopic (exact) mass is 480 g/mol. The van der Waals surface area contributed by atoms with Gasteiger partial charge in [-0.15, -0.1) is 0 Å². The fourth-order valence-corrected chi connectivity index (χ4v) is 4.83. The molecule has 6 nitrogen and oxygen atoms in total. The van der Waals surface area contributed by atoms with E-state index in [4.69, 9.17) is 4.74 Å². The molecule has 2 N–H and O–H groups in total. The molecule has 1 saturated carbocycles. The van der Waals surface area contributed by atoms with E-state index in [1.807, 2.05) is 19.1 Å². The van der Waals surface area contributed by atoms with Crippen molar-refractivity contribution in [1.29, 1.82) is 0 Å². The van der Waals surface area contributed by atoms with Crippen molar-refractivity contribution in [3.63, 3.8) is 0 Å². The van der Waals surface area contributed by atoms with E-state index in [2.05, 4.69) is 26.0 Å². The number of hydrogen-bond acceptors (Lipinski definition) is 4. The number of anilines is 1. The molecule has 156 valence electrons. The molecule has 0 bridgehead atoms. The average molecular weight is 481 g/mol. The molecule has 3 rings (SSSR count). The predicted molar refractivity (Wildman–Crippen MR) is 117 cm³/mol. The molecule has 2 aromatic carbocycles. The maximum Gasteiger partial charge on any atom is 0.262 e. The highest BCUT2D eigenvalue weighted by Crippen LogP contribution is 2.22. The zero-order valence-corrected chi connectivity index (χ0v) is 18.7. The van der Waals surface area contributed by atoms with E-state index in [1.54, 1.807) is 18.2 Å². The number of nitrogens with one attached hydrogen (secondary N) is 2. The maximum absolute atomic E-state index is 12.5. The summed E-state index contributed by atoms with van der Waals surface area (Å²) in [6.45, 7) is 1.81. The minimum Gasteiger partial charge on any atom is -0.484 e. The number of amides is 1. The summed E-state index contributed by atoms with van der Waals surface area (Å²) in [6.07, 6.45) is 5.04. The molecule has 8 heteroatoms. The Morgan fingerprint density at radius 1 is 1.10 bits per heavy atom. The summed E-state index contributed by atoms with van der Waals surface area (Å²) in [5.74, 6) is 0.289. The van der Waals surface area contributed by atoms with Crippen molar-refractivity contribution in [2.75, 3.05) is 11.9 Å². The van der Waals surface area contributed by atoms with Crippen molar-refractivity contribution in [3.05, 3.63) is 52.5 Å². The molecule has 0 atom stereocenters. The van der Waals surface area contributed by atoms with Crippen LogP contribution in [-0.2, 0) is 14.8 Å². The quantitative estimate of drug-likeness (QED) is 0.615. The highest BCUT2D eigenvalue weighted by atomic mass is 79.9. The molecule has 0 saturated heterocycles. The SMILES string of the molecule is Cc1cc(OCC(=O)Nc2ccc(S(=O)(=O)NC3CCCCC3)cc2)ccc1Br. The summed E-state index contributed by atoms with van der Waals surface area (Å²) in [6, 6.07) is 11.7. The first-order chi connectivity index (χ1) is 13.8. The van der Waals surface area contributed by atoms with Crippen LogP contribution in [0.3, 0.4) is 0 Å². The normalized spacial score (nSPS) is 15.1. The summed E-state index contributed by atoms with van der Waals surface area (Å²) >= 11 is 3.42. The van der Waals surface area contributed by atoms with Crippen molar-refractivity contribution in [2.24, 2.45) is 0 Å². The van der Waals surface area contributed by atoms with Gasteiger partial charge in [0, 0.05) is 16.2 Å². The second kappa shape index (κ2) is 9.73. The van der Waals surface area contributed by atoms with Gasteiger partial charge >= 0.3 is 0 Å². The Balaban J connectivity index is 1.53. The van der Waals surface area contributed by atoms with Gasteiger partial charge in [-0.05, 0) is 67.8 Å². The largest absolute Gasteiger partial charge is 0.484 e. The first kappa shape index (κ1) is 21.8. The molecule has 0 aromatic heterocycles. The third kappa shape index (κ3) is 6.29. The molecule has 0 radical (unpaired) electrons. The van der Waals surface area contributed by atoms with Crippen LogP contribution < -0.4 is 14.8 Å². The zero-order chi connectivity index (χ0) is 20.9. The standard InChI is InChI=1S/C21H25BrN2O4S/c1-15-13-18(9-12-20(15)22)28-14-21(25)23-16-7-10-19(11-8-16)29(26,27)24-17-5-3-2-4-6-17/h7-13,17,24H,2-6,14H2,1H3,(H,23,25). The summed E-state index contributed by atoms with van der Waals surface area (Å²) < 4.78 is 34.3. The molecular weight excluding hydrogens is 456 g/mol. The van der Waals surface area contributed by atoms with E-state index in [0.29, 0.717) is 11.4 Å². The first-order valence-electron chi connectivity index (χ1n) is 9.65. The molecule has 0 spiro atoms. The molecule has 0 aliphatic heterocycles. The second-order valence-electron chi connectivity index (χ2n) is 7.23. The van der Waals surface area contributed by atoms with Gasteiger partial charge in [-0.1, -0.05) is 35.2 Å². The number of sulfonamides is 1. The Labute approximate surface area is 180 Å². The summed E-state index contributed by atoms with van der Waals surface area (Å²) in [5.41, 5.74) is 1.53. The van der Waals surface area contributed by atoms with Crippen molar-refractivity contribution in [3.8, 4) is 5.75 Å². The number of aryl methyl sites for hydroxylation is 1. The van der Waals surface area contributed by atoms with E-state index in [-0.39, 0.29) is 23.5 Å². The van der Waals surface area contributed by atoms with Crippen molar-refractivity contribution < 1.29 is 17.9 Å². The maximum atomic E-state index is 12.5. The molecule has 0 heterocycles. The van der Waals surface area contributed by atoms with Crippen molar-refractivity contribution in [1.82, 2.24) is 4.72 Å². The lowest BCUT2D eigenvalue weighted by molar-refractivity contribution is -0.118. The van der Waals surface area contributed by atoms with Crippen LogP contribution in [0, 0.1) is 6.92 Å². The van der Waals surface area contributed by atoms with Gasteiger partial charge in [-0.3, -0.25) is 4.79 Å². The number of carbonyl (C=O) groups is 1. The second-order valence-corrected chi connectivity index (χ2v) is 9.80. The van der Waals surface area contributed by atoms with Gasteiger partial charge in [0.2, 0.25) is 10.0 Å². The average Bonchev–Trinajstić information content (AvgIpc) is 2.70. The van der Waals surface area contributed by atoms with Crippen LogP contribution in [0.25, 0.3) is 0 Å². The first-order valence-corrected chi connectivity index (χ1v) is 11.9. The lowest BCUT2D eigenvalue weighted by Gasteiger charge is -2.22. The molecule has 1 fully saturated rings. The minimum atomic E-state index is -3.55. The van der Waals surface area contributed by atoms with Crippen LogP contribution >= 0.6 is 15.9 Å². The molecule has 1 amide bonds. The highest BCUT2D eigenvalue weighted by molar-refractivity contribution is 9.10. The Bertz CT molecular complexity index is 955. The molecule has 1 aliphatic carbocycles. The van der Waals surface area contributed by atoms with Crippen LogP contribution in [-0.4, -0.2) is 27.0 Å². The fourth-order valence-electron chi connectivity index (χ4n) is 3.28. The van der Waals surface area contributed by atoms with Crippen LogP contribution in [0.5, 0.6) is 5.75 Å². The lowest BCUT2D eigenvalue weighted by Crippen LogP contribution is -2.36. The van der Waals surface area contributed by atoms with Gasteiger partial charge in [0.1, 0.15) is 5.75 Å². The Hall–Kier alpha value is -1.90. The van der Waals surface area contributed by atoms with E-state index in [9.17, 15) is 13.2 Å². The molecule has 29 heavy (non-hydrogen) atoms. The molecule has 1 aliphatic rings. The number of carbonyl (C=O) groups excluding carboxylic acids is 1. The van der Waals surface area contributed by atoms with E-state index >= 15 is 0 Å². The minimum absolute atomic E-state index is 0.00697. The van der Waals surface area contributed by atoms with Crippen LogP contribution in [0.1, 0.15) is 37.7 Å².